The summed E-state index contributed by atoms with van der Waals surface area (Å²) in [6, 6.07) is 7.99. The van der Waals surface area contributed by atoms with Crippen molar-refractivity contribution in [1.29, 1.82) is 0 Å². The van der Waals surface area contributed by atoms with E-state index in [9.17, 15) is 9.90 Å². The number of benzene rings is 1. The molecule has 1 amide bonds. The number of carbonyl (C=O) groups excluding carboxylic acids is 1. The average Bonchev–Trinajstić information content (AvgIpc) is 3.11. The van der Waals surface area contributed by atoms with Gasteiger partial charge in [0.2, 0.25) is 5.91 Å². The summed E-state index contributed by atoms with van der Waals surface area (Å²) in [7, 11) is 1.77. The molecule has 8 nitrogen and oxygen atoms in total. The third-order valence-electron chi connectivity index (χ3n) is 5.92. The number of nitrogens with zero attached hydrogens (tertiary/aromatic N) is 5. The highest BCUT2D eigenvalue weighted by atomic mass is 16.3. The predicted molar refractivity (Wildman–Crippen MR) is 120 cm³/mol. The Morgan fingerprint density at radius 2 is 2.13 bits per heavy atom. The molecule has 1 aliphatic rings. The topological polar surface area (TPSA) is 98.2 Å². The smallest absolute Gasteiger partial charge is 0.222 e. The summed E-state index contributed by atoms with van der Waals surface area (Å²) in [5.41, 5.74) is 2.97. The average molecular weight is 423 g/mol. The number of amides is 1. The van der Waals surface area contributed by atoms with Crippen molar-refractivity contribution in [2.45, 2.75) is 45.1 Å². The van der Waals surface area contributed by atoms with Crippen LogP contribution in [0.5, 0.6) is 0 Å². The van der Waals surface area contributed by atoms with E-state index in [2.05, 4.69) is 30.9 Å². The summed E-state index contributed by atoms with van der Waals surface area (Å²) in [6.07, 6.45) is 4.13. The molecule has 31 heavy (non-hydrogen) atoms. The number of piperidine rings is 1. The summed E-state index contributed by atoms with van der Waals surface area (Å²) in [5.74, 6) is 1.74. The number of H-pyrrole nitrogens is 1. The minimum Gasteiger partial charge on any atom is -0.386 e. The lowest BCUT2D eigenvalue weighted by molar-refractivity contribution is -0.133. The third kappa shape index (κ3) is 5.02. The number of aromatic nitrogens is 4. The van der Waals surface area contributed by atoms with Gasteiger partial charge in [0, 0.05) is 38.3 Å². The van der Waals surface area contributed by atoms with Crippen LogP contribution in [0.3, 0.4) is 0 Å². The van der Waals surface area contributed by atoms with Crippen LogP contribution in [-0.4, -0.2) is 68.1 Å². The lowest BCUT2D eigenvalue weighted by atomic mass is 9.92. The zero-order valence-corrected chi connectivity index (χ0v) is 18.4. The number of rotatable bonds is 6. The molecule has 0 radical (unpaired) electrons. The van der Waals surface area contributed by atoms with E-state index in [1.165, 1.54) is 0 Å². The molecule has 1 unspecified atom stereocenters. The van der Waals surface area contributed by atoms with Crippen LogP contribution in [-0.2, 0) is 11.2 Å². The molecular formula is C23H30N6O2. The molecule has 8 heteroatoms. The number of aryl methyl sites for hydroxylation is 3. The van der Waals surface area contributed by atoms with Crippen molar-refractivity contribution in [1.82, 2.24) is 24.8 Å². The van der Waals surface area contributed by atoms with Gasteiger partial charge in [-0.25, -0.2) is 15.0 Å². The quantitative estimate of drug-likeness (QED) is 0.633. The summed E-state index contributed by atoms with van der Waals surface area (Å²) < 4.78 is 0. The van der Waals surface area contributed by atoms with E-state index in [4.69, 9.17) is 0 Å². The van der Waals surface area contributed by atoms with Crippen molar-refractivity contribution < 1.29 is 9.90 Å². The number of imidazole rings is 1. The predicted octanol–water partition coefficient (Wildman–Crippen LogP) is 2.39. The fourth-order valence-electron chi connectivity index (χ4n) is 4.36. The maximum atomic E-state index is 12.8. The molecule has 1 atom stereocenters. The van der Waals surface area contributed by atoms with Gasteiger partial charge in [-0.05, 0) is 50.8 Å². The van der Waals surface area contributed by atoms with Gasteiger partial charge in [0.1, 0.15) is 18.0 Å². The SMILES string of the molecule is Cc1cc(N2CCCC(O)(CN(C)C(=O)CCc3ccc4nc(C)[nH]c4c3)C2)ncn1. The molecule has 2 aromatic heterocycles. The Hall–Kier alpha value is -3.00. The second kappa shape index (κ2) is 8.63. The fraction of sp³-hybridized carbons (Fsp3) is 0.478. The molecule has 164 valence electrons. The van der Waals surface area contributed by atoms with Gasteiger partial charge in [0.05, 0.1) is 23.2 Å². The summed E-state index contributed by atoms with van der Waals surface area (Å²) >= 11 is 0. The molecule has 1 fully saturated rings. The molecule has 3 heterocycles. The molecule has 0 spiro atoms. The molecule has 1 aromatic carbocycles. The number of hydrogen-bond donors (Lipinski definition) is 2. The summed E-state index contributed by atoms with van der Waals surface area (Å²) in [4.78, 5) is 32.6. The van der Waals surface area contributed by atoms with Gasteiger partial charge in [-0.2, -0.15) is 0 Å². The zero-order chi connectivity index (χ0) is 22.0. The van der Waals surface area contributed by atoms with Crippen molar-refractivity contribution in [3.05, 3.63) is 47.7 Å². The Bertz CT molecular complexity index is 1080. The first-order valence-corrected chi connectivity index (χ1v) is 10.8. The van der Waals surface area contributed by atoms with E-state index in [1.807, 2.05) is 32.0 Å². The van der Waals surface area contributed by atoms with Crippen LogP contribution in [0.15, 0.2) is 30.6 Å². The molecular weight excluding hydrogens is 392 g/mol. The molecule has 1 aliphatic heterocycles. The molecule has 4 rings (SSSR count). The van der Waals surface area contributed by atoms with Crippen LogP contribution in [0.4, 0.5) is 5.82 Å². The first-order valence-electron chi connectivity index (χ1n) is 10.8. The van der Waals surface area contributed by atoms with Crippen LogP contribution in [0.25, 0.3) is 11.0 Å². The van der Waals surface area contributed by atoms with Crippen LogP contribution in [0.1, 0.15) is 36.3 Å². The maximum absolute atomic E-state index is 12.8. The van der Waals surface area contributed by atoms with E-state index < -0.39 is 5.60 Å². The first-order chi connectivity index (χ1) is 14.8. The number of aromatic amines is 1. The van der Waals surface area contributed by atoms with Crippen molar-refractivity contribution in [2.24, 2.45) is 0 Å². The van der Waals surface area contributed by atoms with Crippen LogP contribution >= 0.6 is 0 Å². The summed E-state index contributed by atoms with van der Waals surface area (Å²) in [5, 5.41) is 11.2. The Labute approximate surface area is 182 Å². The number of aliphatic hydroxyl groups is 1. The van der Waals surface area contributed by atoms with E-state index in [0.29, 0.717) is 32.4 Å². The number of β-amino-alcohol motifs (C(OH)–C–C–N with tert-alkyl or cyclic N) is 1. The molecule has 1 saturated heterocycles. The third-order valence-corrected chi connectivity index (χ3v) is 5.92. The van der Waals surface area contributed by atoms with E-state index in [1.54, 1.807) is 18.3 Å². The standard InChI is InChI=1S/C23H30N6O2/c1-16-11-21(25-15-24-16)29-10-4-9-23(31,14-29)13-28(3)22(30)8-6-18-5-7-19-20(12-18)27-17(2)26-19/h5,7,11-12,15,31H,4,6,8-10,13-14H2,1-3H3,(H,26,27). The van der Waals surface area contributed by atoms with E-state index in [-0.39, 0.29) is 5.91 Å². The number of anilines is 1. The highest BCUT2D eigenvalue weighted by Gasteiger charge is 2.35. The Balaban J connectivity index is 1.34. The molecule has 0 aliphatic carbocycles. The number of likely N-dealkylation sites (N-methyl/N-ethyl adjacent to an activating group) is 1. The Morgan fingerprint density at radius 1 is 1.29 bits per heavy atom. The van der Waals surface area contributed by atoms with Gasteiger partial charge in [-0.3, -0.25) is 4.79 Å². The van der Waals surface area contributed by atoms with Gasteiger partial charge >= 0.3 is 0 Å². The van der Waals surface area contributed by atoms with Crippen LogP contribution in [0, 0.1) is 13.8 Å². The molecule has 0 saturated carbocycles. The molecule has 0 bridgehead atoms. The van der Waals surface area contributed by atoms with Gasteiger partial charge in [0.15, 0.2) is 0 Å². The second-order valence-corrected chi connectivity index (χ2v) is 8.69. The number of nitrogens with one attached hydrogen (secondary N) is 1. The molecule has 2 N–H and O–H groups in total. The normalized spacial score (nSPS) is 19.0. The first kappa shape index (κ1) is 21.2. The van der Waals surface area contributed by atoms with Crippen LogP contribution in [0.2, 0.25) is 0 Å². The van der Waals surface area contributed by atoms with Gasteiger partial charge in [0.25, 0.3) is 0 Å². The Morgan fingerprint density at radius 3 is 2.94 bits per heavy atom. The van der Waals surface area contributed by atoms with Crippen molar-refractivity contribution in [3.63, 3.8) is 0 Å². The van der Waals surface area contributed by atoms with Crippen molar-refractivity contribution in [3.8, 4) is 0 Å². The largest absolute Gasteiger partial charge is 0.386 e. The van der Waals surface area contributed by atoms with E-state index in [0.717, 1.165) is 46.9 Å². The van der Waals surface area contributed by atoms with Gasteiger partial charge < -0.3 is 19.9 Å². The van der Waals surface area contributed by atoms with Crippen molar-refractivity contribution in [2.75, 3.05) is 31.6 Å². The number of fused-ring (bicyclic) bond motifs is 1. The fourth-order valence-corrected chi connectivity index (χ4v) is 4.36. The monoisotopic (exact) mass is 422 g/mol. The van der Waals surface area contributed by atoms with Gasteiger partial charge in [-0.1, -0.05) is 6.07 Å². The number of carbonyl (C=O) groups is 1. The summed E-state index contributed by atoms with van der Waals surface area (Å²) in [6.45, 7) is 5.47. The number of hydrogen-bond acceptors (Lipinski definition) is 6. The van der Waals surface area contributed by atoms with Crippen molar-refractivity contribution >= 4 is 22.8 Å². The maximum Gasteiger partial charge on any atom is 0.222 e. The second-order valence-electron chi connectivity index (χ2n) is 8.69. The molecule has 3 aromatic rings. The highest BCUT2D eigenvalue weighted by molar-refractivity contribution is 5.78. The zero-order valence-electron chi connectivity index (χ0n) is 18.4. The minimum absolute atomic E-state index is 0.0318. The van der Waals surface area contributed by atoms with Gasteiger partial charge in [-0.15, -0.1) is 0 Å². The van der Waals surface area contributed by atoms with Crippen LogP contribution < -0.4 is 4.90 Å². The lowest BCUT2D eigenvalue weighted by Gasteiger charge is -2.41. The minimum atomic E-state index is -0.951. The lowest BCUT2D eigenvalue weighted by Crippen LogP contribution is -2.55. The van der Waals surface area contributed by atoms with E-state index >= 15 is 0 Å². The highest BCUT2D eigenvalue weighted by Crippen LogP contribution is 2.26. The Kier molecular flexibility index (Phi) is 5.91.